The molecule has 1 heteroatoms. The van der Waals surface area contributed by atoms with Gasteiger partial charge in [0.05, 0.1) is 6.10 Å². The topological polar surface area (TPSA) is 20.2 Å². The Kier molecular flexibility index (Phi) is 6.17. The molecule has 1 nitrogen and oxygen atoms in total. The zero-order valence-corrected chi connectivity index (χ0v) is 23.5. The molecule has 2 unspecified atom stereocenters. The zero-order valence-electron chi connectivity index (χ0n) is 23.5. The van der Waals surface area contributed by atoms with Crippen molar-refractivity contribution in [3.63, 3.8) is 0 Å². The summed E-state index contributed by atoms with van der Waals surface area (Å²) < 4.78 is 0. The molecule has 3 fully saturated rings. The molecular formula is C32H54O. The van der Waals surface area contributed by atoms with Gasteiger partial charge >= 0.3 is 0 Å². The average molecular weight is 455 g/mol. The summed E-state index contributed by atoms with van der Waals surface area (Å²) in [5, 5.41) is 10.8. The highest BCUT2D eigenvalue weighted by Gasteiger charge is 2.65. The van der Waals surface area contributed by atoms with Crippen molar-refractivity contribution in [3.8, 4) is 0 Å². The summed E-state index contributed by atoms with van der Waals surface area (Å²) in [5.74, 6) is 2.97. The van der Waals surface area contributed by atoms with Gasteiger partial charge in [-0.05, 0) is 115 Å². The molecule has 0 aromatic rings. The minimum absolute atomic E-state index is 0.0310. The number of aliphatic hydroxyl groups is 1. The van der Waals surface area contributed by atoms with Gasteiger partial charge in [0.15, 0.2) is 0 Å². The van der Waals surface area contributed by atoms with Gasteiger partial charge in [0, 0.05) is 0 Å². The van der Waals surface area contributed by atoms with Crippen LogP contribution in [0.2, 0.25) is 0 Å². The summed E-state index contributed by atoms with van der Waals surface area (Å²) in [6.07, 6.45) is 14.0. The Balaban J connectivity index is 1.61. The van der Waals surface area contributed by atoms with Crippen LogP contribution < -0.4 is 0 Å². The summed E-state index contributed by atoms with van der Waals surface area (Å²) in [4.78, 5) is 0. The van der Waals surface area contributed by atoms with Gasteiger partial charge in [-0.1, -0.05) is 79.2 Å². The van der Waals surface area contributed by atoms with Crippen molar-refractivity contribution < 1.29 is 5.11 Å². The predicted molar refractivity (Wildman–Crippen MR) is 142 cm³/mol. The molecule has 0 aliphatic heterocycles. The maximum atomic E-state index is 10.8. The van der Waals surface area contributed by atoms with E-state index < -0.39 is 0 Å². The molecule has 8 atom stereocenters. The monoisotopic (exact) mass is 454 g/mol. The smallest absolute Gasteiger partial charge is 0.0594 e. The molecule has 33 heavy (non-hydrogen) atoms. The van der Waals surface area contributed by atoms with Gasteiger partial charge in [-0.3, -0.25) is 0 Å². The van der Waals surface area contributed by atoms with Crippen LogP contribution in [0.5, 0.6) is 0 Å². The molecule has 0 aromatic carbocycles. The van der Waals surface area contributed by atoms with Crippen LogP contribution in [0.4, 0.5) is 0 Å². The molecule has 188 valence electrons. The van der Waals surface area contributed by atoms with Crippen molar-refractivity contribution in [1.29, 1.82) is 0 Å². The van der Waals surface area contributed by atoms with Crippen LogP contribution in [-0.4, -0.2) is 11.2 Å². The molecule has 4 rings (SSSR count). The molecule has 0 aromatic heterocycles. The predicted octanol–water partition coefficient (Wildman–Crippen LogP) is 8.97. The average Bonchev–Trinajstić information content (AvgIpc) is 3.01. The van der Waals surface area contributed by atoms with Crippen molar-refractivity contribution in [1.82, 2.24) is 0 Å². The first-order chi connectivity index (χ1) is 15.1. The van der Waals surface area contributed by atoms with E-state index in [1.807, 2.05) is 0 Å². The van der Waals surface area contributed by atoms with Gasteiger partial charge in [-0.2, -0.15) is 0 Å². The fraction of sp³-hybridized carbons (Fsp3) is 0.875. The third kappa shape index (κ3) is 3.56. The van der Waals surface area contributed by atoms with E-state index in [1.165, 1.54) is 56.9 Å². The van der Waals surface area contributed by atoms with Crippen LogP contribution >= 0.6 is 0 Å². The van der Waals surface area contributed by atoms with E-state index >= 15 is 0 Å². The largest absolute Gasteiger partial charge is 0.393 e. The van der Waals surface area contributed by atoms with E-state index in [0.717, 1.165) is 24.2 Å². The lowest BCUT2D eigenvalue weighted by Gasteiger charge is -2.64. The van der Waals surface area contributed by atoms with Crippen molar-refractivity contribution in [2.75, 3.05) is 0 Å². The number of allylic oxidation sites excluding steroid dienone is 3. The number of fused-ring (bicyclic) bond motifs is 5. The second-order valence-electron chi connectivity index (χ2n) is 15.0. The number of hydrogen-bond donors (Lipinski definition) is 1. The van der Waals surface area contributed by atoms with Gasteiger partial charge in [0.2, 0.25) is 0 Å². The Morgan fingerprint density at radius 2 is 1.73 bits per heavy atom. The second-order valence-corrected chi connectivity index (χ2v) is 15.0. The molecule has 0 bridgehead atoms. The molecule has 3 saturated carbocycles. The van der Waals surface area contributed by atoms with E-state index in [4.69, 9.17) is 0 Å². The van der Waals surface area contributed by atoms with Gasteiger partial charge in [0.25, 0.3) is 0 Å². The van der Waals surface area contributed by atoms with Crippen molar-refractivity contribution in [3.05, 3.63) is 23.8 Å². The van der Waals surface area contributed by atoms with Crippen molar-refractivity contribution in [2.45, 2.75) is 126 Å². The Bertz CT molecular complexity index is 816. The standard InChI is InChI=1S/C32H54O/c1-21(2)28(4,5)17-13-22(3)23-14-19-32(10)25-11-12-26-29(6,7)27(33)16-18-30(26,8)24(25)15-20-31(23,32)9/h15,22-23,25-27,33H,1,11-14,16-20H2,2-10H3/t22-,23-,25?,26?,27+,30-,31-,32+/m1/s1. The molecule has 4 aliphatic rings. The second kappa shape index (κ2) is 7.97. The maximum Gasteiger partial charge on any atom is 0.0594 e. The first kappa shape index (κ1) is 25.5. The number of hydrogen-bond acceptors (Lipinski definition) is 1. The molecule has 4 aliphatic carbocycles. The van der Waals surface area contributed by atoms with Crippen LogP contribution in [0, 0.1) is 50.7 Å². The first-order valence-corrected chi connectivity index (χ1v) is 14.2. The lowest BCUT2D eigenvalue weighted by Crippen LogP contribution is -2.57. The summed E-state index contributed by atoms with van der Waals surface area (Å²) in [5.41, 5.74) is 4.54. The fourth-order valence-electron chi connectivity index (χ4n) is 9.67. The summed E-state index contributed by atoms with van der Waals surface area (Å²) in [6.45, 7) is 26.4. The minimum atomic E-state index is -0.141. The first-order valence-electron chi connectivity index (χ1n) is 14.2. The molecule has 0 saturated heterocycles. The lowest BCUT2D eigenvalue weighted by atomic mass is 9.41. The van der Waals surface area contributed by atoms with Gasteiger partial charge < -0.3 is 5.11 Å². The van der Waals surface area contributed by atoms with Crippen molar-refractivity contribution in [2.24, 2.45) is 50.7 Å². The molecule has 0 spiro atoms. The van der Waals surface area contributed by atoms with E-state index in [-0.39, 0.29) is 22.3 Å². The Hall–Kier alpha value is -0.560. The third-order valence-corrected chi connectivity index (χ3v) is 12.9. The van der Waals surface area contributed by atoms with Gasteiger partial charge in [0.1, 0.15) is 0 Å². The summed E-state index contributed by atoms with van der Waals surface area (Å²) >= 11 is 0. The lowest BCUT2D eigenvalue weighted by molar-refractivity contribution is -0.118. The molecule has 0 heterocycles. The Labute approximate surface area is 205 Å². The van der Waals surface area contributed by atoms with E-state index in [2.05, 4.69) is 75.0 Å². The van der Waals surface area contributed by atoms with Crippen LogP contribution in [0.3, 0.4) is 0 Å². The molecular weight excluding hydrogens is 400 g/mol. The van der Waals surface area contributed by atoms with Crippen LogP contribution in [0.1, 0.15) is 120 Å². The maximum absolute atomic E-state index is 10.8. The van der Waals surface area contributed by atoms with Crippen molar-refractivity contribution >= 4 is 0 Å². The summed E-state index contributed by atoms with van der Waals surface area (Å²) in [7, 11) is 0. The molecule has 0 amide bonds. The highest BCUT2D eigenvalue weighted by atomic mass is 16.3. The Morgan fingerprint density at radius 3 is 2.36 bits per heavy atom. The van der Waals surface area contributed by atoms with Gasteiger partial charge in [-0.15, -0.1) is 0 Å². The van der Waals surface area contributed by atoms with Crippen LogP contribution in [0.25, 0.3) is 0 Å². The minimum Gasteiger partial charge on any atom is -0.393 e. The van der Waals surface area contributed by atoms with Gasteiger partial charge in [-0.25, -0.2) is 0 Å². The normalized spacial score (nSPS) is 45.5. The van der Waals surface area contributed by atoms with E-state index in [0.29, 0.717) is 16.7 Å². The molecule has 1 N–H and O–H groups in total. The van der Waals surface area contributed by atoms with E-state index in [9.17, 15) is 5.11 Å². The molecule has 0 radical (unpaired) electrons. The van der Waals surface area contributed by atoms with E-state index in [1.54, 1.807) is 5.57 Å². The van der Waals surface area contributed by atoms with Crippen LogP contribution in [-0.2, 0) is 0 Å². The number of aliphatic hydroxyl groups excluding tert-OH is 1. The number of rotatable bonds is 5. The van der Waals surface area contributed by atoms with Crippen LogP contribution in [0.15, 0.2) is 23.8 Å². The third-order valence-electron chi connectivity index (χ3n) is 12.9. The SMILES string of the molecule is C=C(C)C(C)(C)CC[C@@H](C)[C@H]1CC[C@@]2(C)C3CCC4C(C)(C)[C@@H](O)CC[C@]4(C)C3=CC[C@]12C. The zero-order chi connectivity index (χ0) is 24.6. The Morgan fingerprint density at radius 1 is 1.06 bits per heavy atom. The summed E-state index contributed by atoms with van der Waals surface area (Å²) in [6, 6.07) is 0. The quantitative estimate of drug-likeness (QED) is 0.411. The highest BCUT2D eigenvalue weighted by molar-refractivity contribution is 5.32. The fourth-order valence-corrected chi connectivity index (χ4v) is 9.67. The highest BCUT2D eigenvalue weighted by Crippen LogP contribution is 2.73.